The molecule has 0 spiro atoms. The van der Waals surface area contributed by atoms with E-state index in [4.69, 9.17) is 0 Å². The SMILES string of the molecule is Cc1ccc(N2CCC[C@@H](N3CCC(N(C)C)CC3)C2=O)cc1. The summed E-state index contributed by atoms with van der Waals surface area (Å²) in [6.45, 7) is 5.02. The number of benzene rings is 1. The van der Waals surface area contributed by atoms with Crippen LogP contribution in [0.3, 0.4) is 0 Å². The largest absolute Gasteiger partial charge is 0.311 e. The number of nitrogens with zero attached hydrogens (tertiary/aromatic N) is 3. The number of carbonyl (C=O) groups is 1. The molecule has 2 aliphatic rings. The van der Waals surface area contributed by atoms with Gasteiger partial charge in [-0.3, -0.25) is 9.69 Å². The molecular formula is C19H29N3O. The van der Waals surface area contributed by atoms with Gasteiger partial charge < -0.3 is 9.80 Å². The van der Waals surface area contributed by atoms with E-state index in [1.807, 2.05) is 4.90 Å². The Balaban J connectivity index is 1.67. The number of hydrogen-bond acceptors (Lipinski definition) is 3. The van der Waals surface area contributed by atoms with E-state index in [-0.39, 0.29) is 6.04 Å². The Morgan fingerprint density at radius 3 is 2.26 bits per heavy atom. The molecule has 0 aliphatic carbocycles. The van der Waals surface area contributed by atoms with Crippen molar-refractivity contribution in [3.8, 4) is 0 Å². The van der Waals surface area contributed by atoms with Crippen molar-refractivity contribution in [1.29, 1.82) is 0 Å². The van der Waals surface area contributed by atoms with Crippen LogP contribution < -0.4 is 4.90 Å². The number of carbonyl (C=O) groups excluding carboxylic acids is 1. The first-order valence-corrected chi connectivity index (χ1v) is 8.85. The molecule has 2 heterocycles. The number of rotatable bonds is 3. The number of amides is 1. The van der Waals surface area contributed by atoms with Crippen molar-refractivity contribution < 1.29 is 4.79 Å². The van der Waals surface area contributed by atoms with Gasteiger partial charge in [-0.25, -0.2) is 0 Å². The van der Waals surface area contributed by atoms with Gasteiger partial charge in [-0.05, 0) is 58.8 Å². The van der Waals surface area contributed by atoms with Gasteiger partial charge >= 0.3 is 0 Å². The zero-order chi connectivity index (χ0) is 16.4. The Morgan fingerprint density at radius 2 is 1.65 bits per heavy atom. The third kappa shape index (κ3) is 3.59. The zero-order valence-electron chi connectivity index (χ0n) is 14.7. The standard InChI is InChI=1S/C19H29N3O/c1-15-6-8-17(9-7-15)22-12-4-5-18(19(22)23)21-13-10-16(11-14-21)20(2)3/h6-9,16,18H,4-5,10-14H2,1-3H3/t18-/m1/s1. The minimum atomic E-state index is 0.0770. The van der Waals surface area contributed by atoms with E-state index in [1.165, 1.54) is 18.4 Å². The number of likely N-dealkylation sites (tertiary alicyclic amines) is 1. The van der Waals surface area contributed by atoms with Gasteiger partial charge in [0.05, 0.1) is 6.04 Å². The maximum absolute atomic E-state index is 13.0. The summed E-state index contributed by atoms with van der Waals surface area (Å²) < 4.78 is 0. The lowest BCUT2D eigenvalue weighted by Crippen LogP contribution is -2.55. The minimum absolute atomic E-state index is 0.0770. The molecule has 0 bridgehead atoms. The molecule has 2 saturated heterocycles. The molecule has 0 saturated carbocycles. The first-order chi connectivity index (χ1) is 11.1. The van der Waals surface area contributed by atoms with Crippen LogP contribution in [0.5, 0.6) is 0 Å². The van der Waals surface area contributed by atoms with Crippen LogP contribution >= 0.6 is 0 Å². The lowest BCUT2D eigenvalue weighted by Gasteiger charge is -2.42. The normalized spacial score (nSPS) is 24.4. The molecule has 1 atom stereocenters. The first-order valence-electron chi connectivity index (χ1n) is 8.85. The van der Waals surface area contributed by atoms with E-state index in [9.17, 15) is 4.79 Å². The predicted octanol–water partition coefficient (Wildman–Crippen LogP) is 2.52. The van der Waals surface area contributed by atoms with E-state index < -0.39 is 0 Å². The summed E-state index contributed by atoms with van der Waals surface area (Å²) in [5, 5.41) is 0. The number of hydrogen-bond donors (Lipinski definition) is 0. The quantitative estimate of drug-likeness (QED) is 0.857. The van der Waals surface area contributed by atoms with Crippen LogP contribution in [-0.2, 0) is 4.79 Å². The maximum atomic E-state index is 13.0. The van der Waals surface area contributed by atoms with Gasteiger partial charge in [0.2, 0.25) is 5.91 Å². The molecule has 1 aromatic rings. The van der Waals surface area contributed by atoms with Crippen LogP contribution in [0.2, 0.25) is 0 Å². The maximum Gasteiger partial charge on any atom is 0.244 e. The van der Waals surface area contributed by atoms with Crippen LogP contribution in [0, 0.1) is 6.92 Å². The van der Waals surface area contributed by atoms with Crippen molar-refractivity contribution in [3.63, 3.8) is 0 Å². The molecule has 0 radical (unpaired) electrons. The molecule has 3 rings (SSSR count). The van der Waals surface area contributed by atoms with Gasteiger partial charge in [0.1, 0.15) is 0 Å². The summed E-state index contributed by atoms with van der Waals surface area (Å²) in [6.07, 6.45) is 4.44. The zero-order valence-corrected chi connectivity index (χ0v) is 14.7. The fourth-order valence-electron chi connectivity index (χ4n) is 3.89. The van der Waals surface area contributed by atoms with Crippen LogP contribution in [0.15, 0.2) is 24.3 Å². The molecular weight excluding hydrogens is 286 g/mol. The summed E-state index contributed by atoms with van der Waals surface area (Å²) >= 11 is 0. The second-order valence-corrected chi connectivity index (χ2v) is 7.21. The molecule has 2 fully saturated rings. The van der Waals surface area contributed by atoms with E-state index in [0.29, 0.717) is 11.9 Å². The fraction of sp³-hybridized carbons (Fsp3) is 0.632. The highest BCUT2D eigenvalue weighted by atomic mass is 16.2. The van der Waals surface area contributed by atoms with Crippen LogP contribution in [0.25, 0.3) is 0 Å². The predicted molar refractivity (Wildman–Crippen MR) is 94.8 cm³/mol. The lowest BCUT2D eigenvalue weighted by molar-refractivity contribution is -0.126. The van der Waals surface area contributed by atoms with Crippen molar-refractivity contribution in [2.24, 2.45) is 0 Å². The smallest absolute Gasteiger partial charge is 0.244 e. The molecule has 126 valence electrons. The Morgan fingerprint density at radius 1 is 1.00 bits per heavy atom. The van der Waals surface area contributed by atoms with Gasteiger partial charge in [0, 0.05) is 31.4 Å². The highest BCUT2D eigenvalue weighted by molar-refractivity contribution is 5.97. The second-order valence-electron chi connectivity index (χ2n) is 7.21. The molecule has 23 heavy (non-hydrogen) atoms. The van der Waals surface area contributed by atoms with Crippen LogP contribution in [0.4, 0.5) is 5.69 Å². The van der Waals surface area contributed by atoms with Gasteiger partial charge in [0.15, 0.2) is 0 Å². The monoisotopic (exact) mass is 315 g/mol. The van der Waals surface area contributed by atoms with Crippen molar-refractivity contribution in [2.75, 3.05) is 38.6 Å². The highest BCUT2D eigenvalue weighted by Gasteiger charge is 2.35. The Kier molecular flexibility index (Phi) is 5.02. The second kappa shape index (κ2) is 7.02. The molecule has 1 amide bonds. The Bertz CT molecular complexity index is 532. The summed E-state index contributed by atoms with van der Waals surface area (Å²) in [4.78, 5) is 19.7. The number of aryl methyl sites for hydroxylation is 1. The van der Waals surface area contributed by atoms with E-state index >= 15 is 0 Å². The topological polar surface area (TPSA) is 26.8 Å². The molecule has 4 nitrogen and oxygen atoms in total. The van der Waals surface area contributed by atoms with Crippen LogP contribution in [0.1, 0.15) is 31.2 Å². The Hall–Kier alpha value is -1.39. The first kappa shape index (κ1) is 16.5. The Labute approximate surface area is 140 Å². The van der Waals surface area contributed by atoms with Crippen molar-refractivity contribution in [3.05, 3.63) is 29.8 Å². The van der Waals surface area contributed by atoms with Gasteiger partial charge in [-0.1, -0.05) is 17.7 Å². The molecule has 0 aromatic heterocycles. The minimum Gasteiger partial charge on any atom is -0.311 e. The fourth-order valence-corrected chi connectivity index (χ4v) is 3.89. The van der Waals surface area contributed by atoms with Crippen molar-refractivity contribution in [1.82, 2.24) is 9.80 Å². The molecule has 0 N–H and O–H groups in total. The number of anilines is 1. The summed E-state index contributed by atoms with van der Waals surface area (Å²) in [6, 6.07) is 9.08. The molecule has 4 heteroatoms. The third-order valence-electron chi connectivity index (χ3n) is 5.43. The van der Waals surface area contributed by atoms with Gasteiger partial charge in [-0.2, -0.15) is 0 Å². The highest BCUT2D eigenvalue weighted by Crippen LogP contribution is 2.26. The lowest BCUT2D eigenvalue weighted by atomic mass is 9.97. The average Bonchev–Trinajstić information content (AvgIpc) is 2.56. The van der Waals surface area contributed by atoms with Crippen LogP contribution in [-0.4, -0.2) is 61.5 Å². The van der Waals surface area contributed by atoms with E-state index in [2.05, 4.69) is 55.1 Å². The number of piperidine rings is 2. The van der Waals surface area contributed by atoms with Gasteiger partial charge in [0.25, 0.3) is 0 Å². The summed E-state index contributed by atoms with van der Waals surface area (Å²) in [5.74, 6) is 0.295. The van der Waals surface area contributed by atoms with Gasteiger partial charge in [-0.15, -0.1) is 0 Å². The molecule has 0 unspecified atom stereocenters. The average molecular weight is 315 g/mol. The third-order valence-corrected chi connectivity index (χ3v) is 5.43. The van der Waals surface area contributed by atoms with E-state index in [1.54, 1.807) is 0 Å². The van der Waals surface area contributed by atoms with Crippen molar-refractivity contribution >= 4 is 11.6 Å². The molecule has 2 aliphatic heterocycles. The molecule has 1 aromatic carbocycles. The summed E-state index contributed by atoms with van der Waals surface area (Å²) in [7, 11) is 4.32. The summed E-state index contributed by atoms with van der Waals surface area (Å²) in [5.41, 5.74) is 2.29. The van der Waals surface area contributed by atoms with E-state index in [0.717, 1.165) is 38.2 Å². The van der Waals surface area contributed by atoms with Crippen molar-refractivity contribution in [2.45, 2.75) is 44.7 Å².